The Bertz CT molecular complexity index is 1160. The summed E-state index contributed by atoms with van der Waals surface area (Å²) in [5, 5.41) is 13.3. The lowest BCUT2D eigenvalue weighted by molar-refractivity contribution is -0.190. The number of aliphatic hydroxyl groups is 1. The first kappa shape index (κ1) is 22.9. The molecule has 5 rings (SSSR count). The van der Waals surface area contributed by atoms with Crippen LogP contribution in [0.3, 0.4) is 0 Å². The molecule has 5 atom stereocenters. The average molecular weight is 479 g/mol. The van der Waals surface area contributed by atoms with Crippen molar-refractivity contribution in [1.82, 2.24) is 24.5 Å². The number of likely N-dealkylation sites (tertiary alicyclic amines) is 1. The molecule has 34 heavy (non-hydrogen) atoms. The van der Waals surface area contributed by atoms with Crippen molar-refractivity contribution in [1.29, 1.82) is 0 Å². The third kappa shape index (κ3) is 3.89. The van der Waals surface area contributed by atoms with Crippen molar-refractivity contribution >= 4 is 11.7 Å². The van der Waals surface area contributed by atoms with E-state index >= 15 is 0 Å². The number of aliphatic hydroxyl groups excluding tert-OH is 1. The molecule has 3 unspecified atom stereocenters. The van der Waals surface area contributed by atoms with Crippen LogP contribution in [0.5, 0.6) is 0 Å². The fourth-order valence-corrected chi connectivity index (χ4v) is 5.95. The highest BCUT2D eigenvalue weighted by molar-refractivity contribution is 5.91. The van der Waals surface area contributed by atoms with E-state index in [4.69, 9.17) is 5.11 Å². The van der Waals surface area contributed by atoms with E-state index in [1.807, 2.05) is 0 Å². The molecule has 2 aromatic rings. The summed E-state index contributed by atoms with van der Waals surface area (Å²) in [6.07, 6.45) is 3.16. The molecule has 2 fully saturated rings. The fourth-order valence-electron chi connectivity index (χ4n) is 5.95. The van der Waals surface area contributed by atoms with Crippen molar-refractivity contribution in [2.75, 3.05) is 19.7 Å². The Balaban J connectivity index is 1.29. The van der Waals surface area contributed by atoms with Crippen LogP contribution in [0.1, 0.15) is 35.9 Å². The molecular formula is C23H25F4N5O2. The van der Waals surface area contributed by atoms with Gasteiger partial charge in [0.15, 0.2) is 0 Å². The van der Waals surface area contributed by atoms with Crippen molar-refractivity contribution in [3.63, 3.8) is 0 Å². The van der Waals surface area contributed by atoms with Crippen molar-refractivity contribution in [3.05, 3.63) is 47.8 Å². The number of alkyl halides is 3. The minimum atomic E-state index is -4.46. The number of nitrogens with zero attached hydrogens (tertiary/aromatic N) is 5. The van der Waals surface area contributed by atoms with Gasteiger partial charge in [-0.2, -0.15) is 18.2 Å². The van der Waals surface area contributed by atoms with Crippen LogP contribution >= 0.6 is 0 Å². The number of hydrogen-bond donors (Lipinski definition) is 1. The second-order valence-electron chi connectivity index (χ2n) is 9.79. The van der Waals surface area contributed by atoms with Crippen LogP contribution in [-0.2, 0) is 6.42 Å². The van der Waals surface area contributed by atoms with Gasteiger partial charge in [-0.25, -0.2) is 13.9 Å². The molecule has 1 saturated carbocycles. The minimum Gasteiger partial charge on any atom is -0.396 e. The SMILES string of the molecule is CC1(C2C[C@@H]3CN(C(=O)c4nc5ncc(CCO)cn5n4)C[C@@H]3C2)C=C(F)C=CC1C(F)(F)F. The number of fused-ring (bicyclic) bond motifs is 2. The van der Waals surface area contributed by atoms with Crippen molar-refractivity contribution in [3.8, 4) is 0 Å². The zero-order valence-electron chi connectivity index (χ0n) is 18.5. The van der Waals surface area contributed by atoms with Crippen LogP contribution in [0.25, 0.3) is 5.78 Å². The van der Waals surface area contributed by atoms with Crippen LogP contribution in [-0.4, -0.2) is 61.4 Å². The molecule has 2 aliphatic carbocycles. The molecular weight excluding hydrogens is 454 g/mol. The molecule has 182 valence electrons. The molecule has 11 heteroatoms. The summed E-state index contributed by atoms with van der Waals surface area (Å²) < 4.78 is 56.6. The van der Waals surface area contributed by atoms with Gasteiger partial charge in [-0.3, -0.25) is 4.79 Å². The van der Waals surface area contributed by atoms with E-state index in [2.05, 4.69) is 15.1 Å². The van der Waals surface area contributed by atoms with E-state index in [0.29, 0.717) is 32.4 Å². The Morgan fingerprint density at radius 1 is 1.26 bits per heavy atom. The topological polar surface area (TPSA) is 83.6 Å². The van der Waals surface area contributed by atoms with Crippen LogP contribution in [0, 0.1) is 29.1 Å². The first-order chi connectivity index (χ1) is 16.1. The lowest BCUT2D eigenvalue weighted by Crippen LogP contribution is -2.42. The summed E-state index contributed by atoms with van der Waals surface area (Å²) in [4.78, 5) is 23.0. The van der Waals surface area contributed by atoms with Crippen LogP contribution in [0.4, 0.5) is 17.6 Å². The molecule has 1 N–H and O–H groups in total. The van der Waals surface area contributed by atoms with Crippen LogP contribution in [0.15, 0.2) is 36.4 Å². The maximum atomic E-state index is 14.0. The van der Waals surface area contributed by atoms with Gasteiger partial charge in [0.25, 0.3) is 11.7 Å². The second-order valence-corrected chi connectivity index (χ2v) is 9.79. The van der Waals surface area contributed by atoms with Gasteiger partial charge in [0.05, 0.1) is 5.92 Å². The van der Waals surface area contributed by atoms with Crippen molar-refractivity contribution in [2.24, 2.45) is 29.1 Å². The predicted molar refractivity (Wildman–Crippen MR) is 113 cm³/mol. The average Bonchev–Trinajstić information content (AvgIpc) is 3.45. The minimum absolute atomic E-state index is 0.0108. The molecule has 7 nitrogen and oxygen atoms in total. The van der Waals surface area contributed by atoms with E-state index in [1.165, 1.54) is 11.4 Å². The number of rotatable bonds is 4. The Labute approximate surface area is 193 Å². The quantitative estimate of drug-likeness (QED) is 0.680. The molecule has 1 saturated heterocycles. The smallest absolute Gasteiger partial charge is 0.395 e. The summed E-state index contributed by atoms with van der Waals surface area (Å²) >= 11 is 0. The maximum absolute atomic E-state index is 14.0. The Morgan fingerprint density at radius 2 is 1.97 bits per heavy atom. The van der Waals surface area contributed by atoms with E-state index in [-0.39, 0.29) is 41.9 Å². The lowest BCUT2D eigenvalue weighted by atomic mass is 9.64. The molecule has 0 spiro atoms. The molecule has 0 bridgehead atoms. The first-order valence-corrected chi connectivity index (χ1v) is 11.3. The third-order valence-corrected chi connectivity index (χ3v) is 7.68. The van der Waals surface area contributed by atoms with Gasteiger partial charge < -0.3 is 10.0 Å². The van der Waals surface area contributed by atoms with Gasteiger partial charge in [-0.1, -0.05) is 13.0 Å². The largest absolute Gasteiger partial charge is 0.396 e. The third-order valence-electron chi connectivity index (χ3n) is 7.68. The normalized spacial score (nSPS) is 31.2. The Morgan fingerprint density at radius 3 is 2.62 bits per heavy atom. The zero-order chi connectivity index (χ0) is 24.3. The zero-order valence-corrected chi connectivity index (χ0v) is 18.5. The monoisotopic (exact) mass is 479 g/mol. The van der Waals surface area contributed by atoms with Crippen LogP contribution in [0.2, 0.25) is 0 Å². The van der Waals surface area contributed by atoms with E-state index in [0.717, 1.165) is 23.8 Å². The van der Waals surface area contributed by atoms with Crippen LogP contribution < -0.4 is 0 Å². The molecule has 3 aliphatic rings. The highest BCUT2D eigenvalue weighted by atomic mass is 19.4. The molecule has 3 heterocycles. The van der Waals surface area contributed by atoms with E-state index in [9.17, 15) is 22.4 Å². The number of allylic oxidation sites excluding steroid dienone is 4. The van der Waals surface area contributed by atoms with Gasteiger partial charge in [-0.05, 0) is 54.7 Å². The number of hydrogen-bond acceptors (Lipinski definition) is 5. The number of aromatic nitrogens is 4. The van der Waals surface area contributed by atoms with Gasteiger partial charge in [0, 0.05) is 37.5 Å². The fraction of sp³-hybridized carbons (Fsp3) is 0.565. The highest BCUT2D eigenvalue weighted by Crippen LogP contribution is 2.57. The van der Waals surface area contributed by atoms with Crippen molar-refractivity contribution < 1.29 is 27.5 Å². The highest BCUT2D eigenvalue weighted by Gasteiger charge is 2.57. The lowest BCUT2D eigenvalue weighted by Gasteiger charge is -2.42. The summed E-state index contributed by atoms with van der Waals surface area (Å²) in [7, 11) is 0. The number of halogens is 4. The van der Waals surface area contributed by atoms with Gasteiger partial charge in [0.1, 0.15) is 5.83 Å². The van der Waals surface area contributed by atoms with Gasteiger partial charge >= 0.3 is 6.18 Å². The number of amides is 1. The Hall–Kier alpha value is -2.82. The molecule has 0 aromatic carbocycles. The van der Waals surface area contributed by atoms with Gasteiger partial charge in [-0.15, -0.1) is 5.10 Å². The van der Waals surface area contributed by atoms with E-state index < -0.39 is 23.3 Å². The number of carbonyl (C=O) groups excluding carboxylic acids is 1. The summed E-state index contributed by atoms with van der Waals surface area (Å²) in [6.45, 7) is 2.29. The number of carbonyl (C=O) groups is 1. The molecule has 1 aliphatic heterocycles. The van der Waals surface area contributed by atoms with Gasteiger partial charge in [0.2, 0.25) is 5.82 Å². The summed E-state index contributed by atoms with van der Waals surface area (Å²) in [5.74, 6) is -2.65. The summed E-state index contributed by atoms with van der Waals surface area (Å²) in [5.41, 5.74) is -0.591. The standard InChI is InChI=1S/C23H25F4N5O2/c1-22(8-17(24)2-3-18(22)23(25,26)27)16-6-14-11-31(12-15(14)7-16)20(34)19-29-21-28-9-13(4-5-33)10-32(21)30-19/h2-3,8-10,14-16,18,33H,4-7,11-12H2,1H3/t14-,15+,16?,18?,22?. The molecule has 2 aromatic heterocycles. The van der Waals surface area contributed by atoms with Crippen molar-refractivity contribution in [2.45, 2.75) is 32.4 Å². The maximum Gasteiger partial charge on any atom is 0.395 e. The first-order valence-electron chi connectivity index (χ1n) is 11.3. The molecule has 0 radical (unpaired) electrons. The molecule has 1 amide bonds. The second kappa shape index (κ2) is 8.14. The van der Waals surface area contributed by atoms with E-state index in [1.54, 1.807) is 17.3 Å². The summed E-state index contributed by atoms with van der Waals surface area (Å²) in [6, 6.07) is 0. The Kier molecular flexibility index (Phi) is 5.50. The predicted octanol–water partition coefficient (Wildman–Crippen LogP) is 3.37.